The van der Waals surface area contributed by atoms with E-state index in [-0.39, 0.29) is 0 Å². The van der Waals surface area contributed by atoms with Crippen molar-refractivity contribution < 1.29 is 8.78 Å². The second kappa shape index (κ2) is 3.55. The molecule has 3 rings (SSSR count). The molecule has 0 saturated heterocycles. The van der Waals surface area contributed by atoms with Gasteiger partial charge in [0, 0.05) is 11.6 Å². The molecule has 1 aromatic heterocycles. The zero-order valence-corrected chi connectivity index (χ0v) is 9.03. The number of nitrogens with zero attached hydrogens (tertiary/aromatic N) is 2. The predicted molar refractivity (Wildman–Crippen MR) is 60.3 cm³/mol. The Morgan fingerprint density at radius 3 is 2.65 bits per heavy atom. The number of hydrogen-bond acceptors (Lipinski definition) is 2. The van der Waals surface area contributed by atoms with Crippen molar-refractivity contribution in [1.82, 2.24) is 9.55 Å². The second-order valence-electron chi connectivity index (χ2n) is 4.25. The van der Waals surface area contributed by atoms with Gasteiger partial charge < -0.3 is 10.3 Å². The van der Waals surface area contributed by atoms with Crippen LogP contribution in [-0.2, 0) is 0 Å². The maximum absolute atomic E-state index is 13.1. The van der Waals surface area contributed by atoms with E-state index in [2.05, 4.69) is 4.98 Å². The Labute approximate surface area is 96.9 Å². The van der Waals surface area contributed by atoms with Gasteiger partial charge in [-0.1, -0.05) is 0 Å². The third-order valence-electron chi connectivity index (χ3n) is 2.97. The van der Waals surface area contributed by atoms with Crippen LogP contribution in [0.4, 0.5) is 14.6 Å². The number of nitrogen functional groups attached to an aromatic ring is 1. The smallest absolute Gasteiger partial charge is 0.159 e. The van der Waals surface area contributed by atoms with E-state index in [0.717, 1.165) is 25.0 Å². The molecule has 88 valence electrons. The van der Waals surface area contributed by atoms with Crippen molar-refractivity contribution in [3.8, 4) is 11.3 Å². The lowest BCUT2D eigenvalue weighted by molar-refractivity contribution is 0.509. The lowest BCUT2D eigenvalue weighted by Crippen LogP contribution is -1.99. The van der Waals surface area contributed by atoms with E-state index in [0.29, 0.717) is 23.1 Å². The first-order valence-corrected chi connectivity index (χ1v) is 5.44. The summed E-state index contributed by atoms with van der Waals surface area (Å²) in [4.78, 5) is 4.17. The fourth-order valence-electron chi connectivity index (χ4n) is 1.88. The summed E-state index contributed by atoms with van der Waals surface area (Å²) in [7, 11) is 0. The quantitative estimate of drug-likeness (QED) is 0.869. The molecule has 0 aliphatic heterocycles. The zero-order chi connectivity index (χ0) is 12.0. The summed E-state index contributed by atoms with van der Waals surface area (Å²) >= 11 is 0. The minimum Gasteiger partial charge on any atom is -0.383 e. The number of imidazole rings is 1. The predicted octanol–water partition coefficient (Wildman–Crippen LogP) is 2.75. The molecule has 0 radical (unpaired) electrons. The topological polar surface area (TPSA) is 43.8 Å². The van der Waals surface area contributed by atoms with E-state index in [1.54, 1.807) is 6.33 Å². The van der Waals surface area contributed by atoms with Crippen LogP contribution in [0.5, 0.6) is 0 Å². The van der Waals surface area contributed by atoms with Crippen molar-refractivity contribution in [3.05, 3.63) is 36.2 Å². The number of benzene rings is 1. The van der Waals surface area contributed by atoms with Gasteiger partial charge in [-0.2, -0.15) is 0 Å². The van der Waals surface area contributed by atoms with Gasteiger partial charge in [0.2, 0.25) is 0 Å². The molecule has 0 amide bonds. The van der Waals surface area contributed by atoms with Crippen LogP contribution in [0.15, 0.2) is 24.5 Å². The molecule has 3 nitrogen and oxygen atoms in total. The monoisotopic (exact) mass is 235 g/mol. The number of aromatic nitrogens is 2. The van der Waals surface area contributed by atoms with Crippen LogP contribution in [0.25, 0.3) is 11.3 Å². The summed E-state index contributed by atoms with van der Waals surface area (Å²) < 4.78 is 27.8. The standard InChI is InChI=1S/C12H11F2N3/c13-9-4-1-7(5-10(9)14)11-12(15)17(6-16-11)8-2-3-8/h1,4-6,8H,2-3,15H2. The molecule has 1 aromatic carbocycles. The maximum Gasteiger partial charge on any atom is 0.159 e. The van der Waals surface area contributed by atoms with Gasteiger partial charge in [0.1, 0.15) is 11.5 Å². The Morgan fingerprint density at radius 2 is 2.00 bits per heavy atom. The van der Waals surface area contributed by atoms with Crippen LogP contribution in [0, 0.1) is 11.6 Å². The first-order chi connectivity index (χ1) is 8.16. The third kappa shape index (κ3) is 1.67. The average Bonchev–Trinajstić information content (AvgIpc) is 3.07. The summed E-state index contributed by atoms with van der Waals surface area (Å²) in [5, 5.41) is 0. The highest BCUT2D eigenvalue weighted by molar-refractivity contribution is 5.70. The molecule has 1 saturated carbocycles. The van der Waals surface area contributed by atoms with Gasteiger partial charge in [0.05, 0.1) is 6.33 Å². The van der Waals surface area contributed by atoms with Gasteiger partial charge >= 0.3 is 0 Å². The molecule has 0 unspecified atom stereocenters. The van der Waals surface area contributed by atoms with Crippen molar-refractivity contribution >= 4 is 5.82 Å². The summed E-state index contributed by atoms with van der Waals surface area (Å²) in [6.45, 7) is 0. The van der Waals surface area contributed by atoms with E-state index in [1.807, 2.05) is 4.57 Å². The van der Waals surface area contributed by atoms with Crippen molar-refractivity contribution in [2.75, 3.05) is 5.73 Å². The molecule has 0 atom stereocenters. The van der Waals surface area contributed by atoms with Gasteiger partial charge in [-0.05, 0) is 31.0 Å². The van der Waals surface area contributed by atoms with Crippen molar-refractivity contribution in [1.29, 1.82) is 0 Å². The van der Waals surface area contributed by atoms with E-state index in [9.17, 15) is 8.78 Å². The molecular formula is C12H11F2N3. The van der Waals surface area contributed by atoms with Crippen LogP contribution in [0.2, 0.25) is 0 Å². The molecule has 0 bridgehead atoms. The molecule has 1 aliphatic rings. The van der Waals surface area contributed by atoms with Gasteiger partial charge in [-0.25, -0.2) is 13.8 Å². The molecule has 1 aliphatic carbocycles. The zero-order valence-electron chi connectivity index (χ0n) is 9.03. The first-order valence-electron chi connectivity index (χ1n) is 5.44. The fraction of sp³-hybridized carbons (Fsp3) is 0.250. The van der Waals surface area contributed by atoms with E-state index >= 15 is 0 Å². The highest BCUT2D eigenvalue weighted by atomic mass is 19.2. The number of nitrogens with two attached hydrogens (primary N) is 1. The lowest BCUT2D eigenvalue weighted by Gasteiger charge is -2.03. The van der Waals surface area contributed by atoms with Crippen LogP contribution >= 0.6 is 0 Å². The molecule has 1 heterocycles. The molecule has 2 aromatic rings. The van der Waals surface area contributed by atoms with Crippen LogP contribution in [-0.4, -0.2) is 9.55 Å². The molecule has 1 fully saturated rings. The minimum absolute atomic E-state index is 0.418. The highest BCUT2D eigenvalue weighted by Crippen LogP contribution is 2.39. The summed E-state index contributed by atoms with van der Waals surface area (Å²) in [5.74, 6) is -1.24. The Kier molecular flexibility index (Phi) is 2.14. The summed E-state index contributed by atoms with van der Waals surface area (Å²) in [6.07, 6.45) is 3.85. The van der Waals surface area contributed by atoms with E-state index < -0.39 is 11.6 Å². The molecule has 5 heteroatoms. The Morgan fingerprint density at radius 1 is 1.24 bits per heavy atom. The van der Waals surface area contributed by atoms with Gasteiger partial charge in [0.15, 0.2) is 11.6 Å². The van der Waals surface area contributed by atoms with Crippen molar-refractivity contribution in [3.63, 3.8) is 0 Å². The number of anilines is 1. The average molecular weight is 235 g/mol. The number of rotatable bonds is 2. The van der Waals surface area contributed by atoms with Crippen molar-refractivity contribution in [2.24, 2.45) is 0 Å². The summed E-state index contributed by atoms with van der Waals surface area (Å²) in [5.41, 5.74) is 6.96. The molecule has 2 N–H and O–H groups in total. The number of halogens is 2. The Bertz CT molecular complexity index is 573. The Balaban J connectivity index is 2.05. The van der Waals surface area contributed by atoms with Gasteiger partial charge in [-0.15, -0.1) is 0 Å². The largest absolute Gasteiger partial charge is 0.383 e. The van der Waals surface area contributed by atoms with E-state index in [4.69, 9.17) is 5.73 Å². The first kappa shape index (κ1) is 10.3. The van der Waals surface area contributed by atoms with Crippen LogP contribution in [0.3, 0.4) is 0 Å². The van der Waals surface area contributed by atoms with E-state index in [1.165, 1.54) is 6.07 Å². The number of hydrogen-bond donors (Lipinski definition) is 1. The third-order valence-corrected chi connectivity index (χ3v) is 2.97. The van der Waals surface area contributed by atoms with Crippen molar-refractivity contribution in [2.45, 2.75) is 18.9 Å². The molecule has 17 heavy (non-hydrogen) atoms. The maximum atomic E-state index is 13.1. The minimum atomic E-state index is -0.886. The summed E-state index contributed by atoms with van der Waals surface area (Å²) in [6, 6.07) is 4.10. The normalized spacial score (nSPS) is 15.2. The lowest BCUT2D eigenvalue weighted by atomic mass is 10.1. The Hall–Kier alpha value is -1.91. The van der Waals surface area contributed by atoms with Crippen LogP contribution in [0.1, 0.15) is 18.9 Å². The molecule has 0 spiro atoms. The molecular weight excluding hydrogens is 224 g/mol. The van der Waals surface area contributed by atoms with Crippen LogP contribution < -0.4 is 5.73 Å². The fourth-order valence-corrected chi connectivity index (χ4v) is 1.88. The van der Waals surface area contributed by atoms with Gasteiger partial charge in [0.25, 0.3) is 0 Å². The highest BCUT2D eigenvalue weighted by Gasteiger charge is 2.26. The van der Waals surface area contributed by atoms with Gasteiger partial charge in [-0.3, -0.25) is 0 Å². The SMILES string of the molecule is Nc1c(-c2ccc(F)c(F)c2)ncn1C1CC1. The second-order valence-corrected chi connectivity index (χ2v) is 4.25.